The molecular formula is C19H30N4O2. The SMILES string of the molecule is O=C([C@@H]1CCCN(C2CCOCC2)C1)N1CCC(c2ncc[nH]2)CC1. The van der Waals surface area contributed by atoms with Gasteiger partial charge in [-0.05, 0) is 45.1 Å². The summed E-state index contributed by atoms with van der Waals surface area (Å²) < 4.78 is 5.49. The molecule has 1 aromatic rings. The zero-order valence-corrected chi connectivity index (χ0v) is 15.0. The minimum Gasteiger partial charge on any atom is -0.381 e. The maximum Gasteiger partial charge on any atom is 0.226 e. The Hall–Kier alpha value is -1.40. The van der Waals surface area contributed by atoms with Gasteiger partial charge in [-0.1, -0.05) is 0 Å². The molecule has 1 aromatic heterocycles. The van der Waals surface area contributed by atoms with Crippen LogP contribution in [0.25, 0.3) is 0 Å². The monoisotopic (exact) mass is 346 g/mol. The van der Waals surface area contributed by atoms with Crippen LogP contribution in [-0.2, 0) is 9.53 Å². The first-order valence-corrected chi connectivity index (χ1v) is 9.91. The van der Waals surface area contributed by atoms with E-state index in [1.54, 1.807) is 0 Å². The molecule has 25 heavy (non-hydrogen) atoms. The Morgan fingerprint density at radius 3 is 2.64 bits per heavy atom. The molecule has 1 amide bonds. The summed E-state index contributed by atoms with van der Waals surface area (Å²) in [6, 6.07) is 0.619. The van der Waals surface area contributed by atoms with Crippen molar-refractivity contribution in [3.8, 4) is 0 Å². The number of amides is 1. The predicted octanol–water partition coefficient (Wildman–Crippen LogP) is 2.01. The lowest BCUT2D eigenvalue weighted by atomic mass is 9.91. The molecule has 0 bridgehead atoms. The fourth-order valence-corrected chi connectivity index (χ4v) is 4.72. The molecule has 0 saturated carbocycles. The Morgan fingerprint density at radius 2 is 1.92 bits per heavy atom. The number of hydrogen-bond donors (Lipinski definition) is 1. The fraction of sp³-hybridized carbons (Fsp3) is 0.789. The summed E-state index contributed by atoms with van der Waals surface area (Å²) in [5.41, 5.74) is 0. The molecule has 6 nitrogen and oxygen atoms in total. The minimum atomic E-state index is 0.191. The van der Waals surface area contributed by atoms with Gasteiger partial charge in [0, 0.05) is 57.2 Å². The largest absolute Gasteiger partial charge is 0.381 e. The topological polar surface area (TPSA) is 61.5 Å². The lowest BCUT2D eigenvalue weighted by Gasteiger charge is -2.41. The van der Waals surface area contributed by atoms with Crippen LogP contribution in [0.5, 0.6) is 0 Å². The van der Waals surface area contributed by atoms with Crippen molar-refractivity contribution >= 4 is 5.91 Å². The van der Waals surface area contributed by atoms with Crippen LogP contribution in [0, 0.1) is 5.92 Å². The molecule has 0 aromatic carbocycles. The predicted molar refractivity (Wildman–Crippen MR) is 95.3 cm³/mol. The van der Waals surface area contributed by atoms with Crippen molar-refractivity contribution < 1.29 is 9.53 Å². The van der Waals surface area contributed by atoms with E-state index in [0.29, 0.717) is 17.9 Å². The number of imidazole rings is 1. The van der Waals surface area contributed by atoms with Crippen LogP contribution in [0.1, 0.15) is 50.3 Å². The number of nitrogens with zero attached hydrogens (tertiary/aromatic N) is 3. The van der Waals surface area contributed by atoms with Gasteiger partial charge in [0.1, 0.15) is 5.82 Å². The van der Waals surface area contributed by atoms with Gasteiger partial charge in [0.05, 0.1) is 5.92 Å². The van der Waals surface area contributed by atoms with E-state index in [-0.39, 0.29) is 5.92 Å². The van der Waals surface area contributed by atoms with E-state index < -0.39 is 0 Å². The van der Waals surface area contributed by atoms with Gasteiger partial charge in [0.2, 0.25) is 5.91 Å². The fourth-order valence-electron chi connectivity index (χ4n) is 4.72. The highest BCUT2D eigenvalue weighted by atomic mass is 16.5. The molecule has 0 aliphatic carbocycles. The molecule has 3 saturated heterocycles. The minimum absolute atomic E-state index is 0.191. The first kappa shape index (κ1) is 17.0. The highest BCUT2D eigenvalue weighted by Crippen LogP contribution is 2.29. The number of likely N-dealkylation sites (tertiary alicyclic amines) is 2. The van der Waals surface area contributed by atoms with E-state index in [9.17, 15) is 4.79 Å². The van der Waals surface area contributed by atoms with E-state index in [1.165, 1.54) is 0 Å². The highest BCUT2D eigenvalue weighted by molar-refractivity contribution is 5.79. The van der Waals surface area contributed by atoms with Crippen LogP contribution in [0.3, 0.4) is 0 Å². The van der Waals surface area contributed by atoms with Crippen molar-refractivity contribution in [1.29, 1.82) is 0 Å². The van der Waals surface area contributed by atoms with Gasteiger partial charge in [-0.3, -0.25) is 9.69 Å². The van der Waals surface area contributed by atoms with E-state index in [4.69, 9.17) is 4.74 Å². The van der Waals surface area contributed by atoms with Gasteiger partial charge in [-0.25, -0.2) is 4.98 Å². The molecule has 3 aliphatic rings. The Balaban J connectivity index is 1.30. The molecule has 6 heteroatoms. The summed E-state index contributed by atoms with van der Waals surface area (Å²) in [6.45, 7) is 5.59. The average molecular weight is 346 g/mol. The zero-order valence-electron chi connectivity index (χ0n) is 15.0. The van der Waals surface area contributed by atoms with Crippen molar-refractivity contribution in [2.75, 3.05) is 39.4 Å². The highest BCUT2D eigenvalue weighted by Gasteiger charge is 2.34. The zero-order chi connectivity index (χ0) is 17.1. The van der Waals surface area contributed by atoms with Gasteiger partial charge in [-0.15, -0.1) is 0 Å². The van der Waals surface area contributed by atoms with Crippen LogP contribution in [0.15, 0.2) is 12.4 Å². The first-order chi connectivity index (χ1) is 12.3. The number of carbonyl (C=O) groups is 1. The van der Waals surface area contributed by atoms with Crippen molar-refractivity contribution in [1.82, 2.24) is 19.8 Å². The second-order valence-electron chi connectivity index (χ2n) is 7.75. The van der Waals surface area contributed by atoms with Crippen molar-refractivity contribution in [2.24, 2.45) is 5.92 Å². The average Bonchev–Trinajstić information content (AvgIpc) is 3.23. The molecule has 4 rings (SSSR count). The van der Waals surface area contributed by atoms with Crippen LogP contribution in [0.2, 0.25) is 0 Å². The molecule has 4 heterocycles. The maximum absolute atomic E-state index is 13.0. The lowest BCUT2D eigenvalue weighted by Crippen LogP contribution is -2.50. The number of hydrogen-bond acceptors (Lipinski definition) is 4. The first-order valence-electron chi connectivity index (χ1n) is 9.91. The molecule has 3 aliphatic heterocycles. The third kappa shape index (κ3) is 3.90. The number of H-pyrrole nitrogens is 1. The van der Waals surface area contributed by atoms with Gasteiger partial charge in [0.15, 0.2) is 0 Å². The Bertz CT molecular complexity index is 548. The smallest absolute Gasteiger partial charge is 0.226 e. The number of ether oxygens (including phenoxy) is 1. The molecule has 1 N–H and O–H groups in total. The molecular weight excluding hydrogens is 316 g/mol. The van der Waals surface area contributed by atoms with Crippen LogP contribution in [0.4, 0.5) is 0 Å². The van der Waals surface area contributed by atoms with Crippen LogP contribution in [-0.4, -0.2) is 71.1 Å². The summed E-state index contributed by atoms with van der Waals surface area (Å²) in [4.78, 5) is 25.3. The van der Waals surface area contributed by atoms with Gasteiger partial charge >= 0.3 is 0 Å². The van der Waals surface area contributed by atoms with Gasteiger partial charge in [-0.2, -0.15) is 0 Å². The molecule has 0 spiro atoms. The summed E-state index contributed by atoms with van der Waals surface area (Å²) in [7, 11) is 0. The number of aromatic amines is 1. The quantitative estimate of drug-likeness (QED) is 0.909. The Labute approximate surface area is 149 Å². The maximum atomic E-state index is 13.0. The van der Waals surface area contributed by atoms with Crippen molar-refractivity contribution in [3.05, 3.63) is 18.2 Å². The van der Waals surface area contributed by atoms with E-state index in [2.05, 4.69) is 19.8 Å². The molecule has 0 unspecified atom stereocenters. The number of carbonyl (C=O) groups excluding carboxylic acids is 1. The van der Waals surface area contributed by atoms with Crippen molar-refractivity contribution in [3.63, 3.8) is 0 Å². The normalized spacial score (nSPS) is 27.5. The second kappa shape index (κ2) is 7.87. The van der Waals surface area contributed by atoms with E-state index >= 15 is 0 Å². The molecule has 0 radical (unpaired) electrons. The van der Waals surface area contributed by atoms with Crippen LogP contribution >= 0.6 is 0 Å². The third-order valence-electron chi connectivity index (χ3n) is 6.22. The van der Waals surface area contributed by atoms with E-state index in [1.807, 2.05) is 12.4 Å². The summed E-state index contributed by atoms with van der Waals surface area (Å²) in [5.74, 6) is 2.13. The Morgan fingerprint density at radius 1 is 1.12 bits per heavy atom. The molecule has 3 fully saturated rings. The summed E-state index contributed by atoms with van der Waals surface area (Å²) >= 11 is 0. The van der Waals surface area contributed by atoms with Gasteiger partial charge in [0.25, 0.3) is 0 Å². The van der Waals surface area contributed by atoms with E-state index in [0.717, 1.165) is 83.7 Å². The second-order valence-corrected chi connectivity index (χ2v) is 7.75. The van der Waals surface area contributed by atoms with Crippen LogP contribution < -0.4 is 0 Å². The van der Waals surface area contributed by atoms with Gasteiger partial charge < -0.3 is 14.6 Å². The lowest BCUT2D eigenvalue weighted by molar-refractivity contribution is -0.139. The number of rotatable bonds is 3. The van der Waals surface area contributed by atoms with Crippen molar-refractivity contribution in [2.45, 2.75) is 50.5 Å². The Kier molecular flexibility index (Phi) is 5.36. The number of nitrogens with one attached hydrogen (secondary N) is 1. The third-order valence-corrected chi connectivity index (χ3v) is 6.22. The molecule has 1 atom stereocenters. The molecule has 138 valence electrons. The number of piperidine rings is 2. The standard InChI is InChI=1S/C19H30N4O2/c24-19(22-10-3-15(4-11-22)18-20-7-8-21-18)16-2-1-9-23(14-16)17-5-12-25-13-6-17/h7-8,15-17H,1-6,9-14H2,(H,20,21)/t16-/m1/s1. The number of aromatic nitrogens is 2. The summed E-state index contributed by atoms with van der Waals surface area (Å²) in [6.07, 6.45) is 10.2. The summed E-state index contributed by atoms with van der Waals surface area (Å²) in [5, 5.41) is 0.